The summed E-state index contributed by atoms with van der Waals surface area (Å²) in [6, 6.07) is 4.70. The van der Waals surface area contributed by atoms with E-state index in [2.05, 4.69) is 38.2 Å². The van der Waals surface area contributed by atoms with Gasteiger partial charge < -0.3 is 5.32 Å². The molecule has 1 aromatic rings. The molecule has 0 saturated heterocycles. The number of rotatable bonds is 2. The molecule has 2 atom stereocenters. The maximum atomic E-state index is 12.1. The van der Waals surface area contributed by atoms with Crippen LogP contribution >= 0.6 is 0 Å². The van der Waals surface area contributed by atoms with E-state index in [-0.39, 0.29) is 0 Å². The topological polar surface area (TPSA) is 29.1 Å². The Bertz CT molecular complexity index is 428. The lowest BCUT2D eigenvalue weighted by Crippen LogP contribution is -2.28. The molecule has 0 fully saturated rings. The molecule has 0 amide bonds. The van der Waals surface area contributed by atoms with E-state index in [0.717, 1.165) is 23.6 Å². The van der Waals surface area contributed by atoms with Gasteiger partial charge in [-0.15, -0.1) is 0 Å². The highest BCUT2D eigenvalue weighted by atomic mass is 32.2. The minimum Gasteiger partial charge on any atom is -0.310 e. The molecule has 2 rings (SSSR count). The molecular formula is C13H19NOS. The van der Waals surface area contributed by atoms with Gasteiger partial charge in [-0.3, -0.25) is 4.21 Å². The van der Waals surface area contributed by atoms with Crippen molar-refractivity contribution in [3.63, 3.8) is 0 Å². The molecule has 0 saturated carbocycles. The standard InChI is InChI=1S/C13H19NOS/c1-4-14-12-5-6-16(15)13-10(3)7-9(2)8-11(12)13/h7-8,12,14H,4-6H2,1-3H3. The molecule has 16 heavy (non-hydrogen) atoms. The molecule has 0 aromatic heterocycles. The summed E-state index contributed by atoms with van der Waals surface area (Å²) in [6.45, 7) is 7.25. The fourth-order valence-electron chi connectivity index (χ4n) is 2.50. The van der Waals surface area contributed by atoms with E-state index in [1.54, 1.807) is 0 Å². The van der Waals surface area contributed by atoms with E-state index >= 15 is 0 Å². The fraction of sp³-hybridized carbons (Fsp3) is 0.538. The largest absolute Gasteiger partial charge is 0.310 e. The Balaban J connectivity index is 2.52. The van der Waals surface area contributed by atoms with Crippen LogP contribution in [0.4, 0.5) is 0 Å². The van der Waals surface area contributed by atoms with Crippen LogP contribution in [0, 0.1) is 13.8 Å². The molecule has 0 spiro atoms. The van der Waals surface area contributed by atoms with Crippen molar-refractivity contribution in [3.8, 4) is 0 Å². The highest BCUT2D eigenvalue weighted by Gasteiger charge is 2.25. The molecule has 1 aliphatic heterocycles. The van der Waals surface area contributed by atoms with E-state index in [9.17, 15) is 4.21 Å². The molecule has 2 nitrogen and oxygen atoms in total. The normalized spacial score (nSPS) is 24.2. The van der Waals surface area contributed by atoms with Gasteiger partial charge in [0.2, 0.25) is 0 Å². The van der Waals surface area contributed by atoms with Crippen LogP contribution in [0.1, 0.15) is 36.1 Å². The number of fused-ring (bicyclic) bond motifs is 1. The predicted molar refractivity (Wildman–Crippen MR) is 68.2 cm³/mol. The summed E-state index contributed by atoms with van der Waals surface area (Å²) in [6.07, 6.45) is 0.982. The SMILES string of the molecule is CCNC1CCS(=O)c2c(C)cc(C)cc21. The van der Waals surface area contributed by atoms with Crippen molar-refractivity contribution < 1.29 is 4.21 Å². The molecule has 1 heterocycles. The van der Waals surface area contributed by atoms with Gasteiger partial charge >= 0.3 is 0 Å². The smallest absolute Gasteiger partial charge is 0.0536 e. The van der Waals surface area contributed by atoms with Crippen molar-refractivity contribution in [1.82, 2.24) is 5.32 Å². The molecule has 0 aliphatic carbocycles. The number of aryl methyl sites for hydroxylation is 2. The van der Waals surface area contributed by atoms with Gasteiger partial charge in [-0.25, -0.2) is 0 Å². The fourth-order valence-corrected chi connectivity index (χ4v) is 4.03. The van der Waals surface area contributed by atoms with Gasteiger partial charge in [0.15, 0.2) is 0 Å². The van der Waals surface area contributed by atoms with Gasteiger partial charge in [0.25, 0.3) is 0 Å². The Morgan fingerprint density at radius 1 is 1.44 bits per heavy atom. The predicted octanol–water partition coefficient (Wildman–Crippen LogP) is 2.47. The number of hydrogen-bond donors (Lipinski definition) is 1. The highest BCUT2D eigenvalue weighted by molar-refractivity contribution is 7.85. The number of hydrogen-bond acceptors (Lipinski definition) is 2. The van der Waals surface area contributed by atoms with Crippen molar-refractivity contribution in [2.75, 3.05) is 12.3 Å². The van der Waals surface area contributed by atoms with E-state index in [4.69, 9.17) is 0 Å². The van der Waals surface area contributed by atoms with Gasteiger partial charge in [0.05, 0.1) is 10.8 Å². The van der Waals surface area contributed by atoms with Gasteiger partial charge in [0.1, 0.15) is 0 Å². The number of benzene rings is 1. The van der Waals surface area contributed by atoms with E-state index in [1.165, 1.54) is 16.7 Å². The van der Waals surface area contributed by atoms with E-state index in [1.807, 2.05) is 0 Å². The average Bonchev–Trinajstić information content (AvgIpc) is 2.21. The van der Waals surface area contributed by atoms with Gasteiger partial charge in [-0.05, 0) is 37.9 Å². The first-order valence-electron chi connectivity index (χ1n) is 5.86. The molecule has 1 aromatic carbocycles. The number of nitrogens with one attached hydrogen (secondary N) is 1. The van der Waals surface area contributed by atoms with Crippen LogP contribution in [0.15, 0.2) is 17.0 Å². The van der Waals surface area contributed by atoms with Crippen LogP contribution in [0.25, 0.3) is 0 Å². The summed E-state index contributed by atoms with van der Waals surface area (Å²) in [4.78, 5) is 1.07. The lowest BCUT2D eigenvalue weighted by atomic mass is 9.99. The Hall–Kier alpha value is -0.670. The summed E-state index contributed by atoms with van der Waals surface area (Å²) < 4.78 is 12.1. The maximum Gasteiger partial charge on any atom is 0.0536 e. The molecule has 1 aliphatic rings. The maximum absolute atomic E-state index is 12.1. The van der Waals surface area contributed by atoms with Gasteiger partial charge in [-0.2, -0.15) is 0 Å². The van der Waals surface area contributed by atoms with E-state index in [0.29, 0.717) is 6.04 Å². The summed E-state index contributed by atoms with van der Waals surface area (Å²) in [7, 11) is -0.799. The molecule has 0 radical (unpaired) electrons. The molecule has 0 bridgehead atoms. The van der Waals surface area contributed by atoms with Crippen LogP contribution in [0.5, 0.6) is 0 Å². The summed E-state index contributed by atoms with van der Waals surface area (Å²) in [5.74, 6) is 0.786. The lowest BCUT2D eigenvalue weighted by Gasteiger charge is -2.27. The molecule has 3 heteroatoms. The first-order valence-corrected chi connectivity index (χ1v) is 7.18. The Kier molecular flexibility index (Phi) is 3.45. The molecule has 1 N–H and O–H groups in total. The molecular weight excluding hydrogens is 218 g/mol. The Labute approximate surface area is 99.9 Å². The van der Waals surface area contributed by atoms with Crippen LogP contribution in [-0.4, -0.2) is 16.5 Å². The first-order chi connectivity index (χ1) is 7.63. The second kappa shape index (κ2) is 4.68. The van der Waals surface area contributed by atoms with Gasteiger partial charge in [-0.1, -0.05) is 24.6 Å². The second-order valence-corrected chi connectivity index (χ2v) is 5.96. The van der Waals surface area contributed by atoms with E-state index < -0.39 is 10.8 Å². The van der Waals surface area contributed by atoms with Crippen molar-refractivity contribution in [3.05, 3.63) is 28.8 Å². The van der Waals surface area contributed by atoms with Crippen molar-refractivity contribution in [1.29, 1.82) is 0 Å². The lowest BCUT2D eigenvalue weighted by molar-refractivity contribution is 0.519. The van der Waals surface area contributed by atoms with Crippen LogP contribution in [-0.2, 0) is 10.8 Å². The van der Waals surface area contributed by atoms with Crippen LogP contribution in [0.3, 0.4) is 0 Å². The second-order valence-electron chi connectivity index (χ2n) is 4.45. The zero-order chi connectivity index (χ0) is 11.7. The van der Waals surface area contributed by atoms with Crippen molar-refractivity contribution >= 4 is 10.8 Å². The average molecular weight is 237 g/mol. The Morgan fingerprint density at radius 3 is 2.88 bits per heavy atom. The van der Waals surface area contributed by atoms with Crippen molar-refractivity contribution in [2.45, 2.75) is 38.1 Å². The third kappa shape index (κ3) is 2.06. The first kappa shape index (κ1) is 11.8. The van der Waals surface area contributed by atoms with Crippen molar-refractivity contribution in [2.24, 2.45) is 0 Å². The highest BCUT2D eigenvalue weighted by Crippen LogP contribution is 2.33. The summed E-state index contributed by atoms with van der Waals surface area (Å²) in [5, 5.41) is 3.48. The minimum absolute atomic E-state index is 0.385. The Morgan fingerprint density at radius 2 is 2.19 bits per heavy atom. The van der Waals surface area contributed by atoms with Crippen LogP contribution in [0.2, 0.25) is 0 Å². The van der Waals surface area contributed by atoms with Gasteiger partial charge in [0, 0.05) is 16.7 Å². The zero-order valence-electron chi connectivity index (χ0n) is 10.2. The summed E-state index contributed by atoms with van der Waals surface area (Å²) in [5.41, 5.74) is 3.69. The quantitative estimate of drug-likeness (QED) is 0.856. The third-order valence-electron chi connectivity index (χ3n) is 3.09. The summed E-state index contributed by atoms with van der Waals surface area (Å²) >= 11 is 0. The van der Waals surface area contributed by atoms with Crippen LogP contribution < -0.4 is 5.32 Å². The zero-order valence-corrected chi connectivity index (χ0v) is 11.0. The minimum atomic E-state index is -0.799. The molecule has 88 valence electrons. The third-order valence-corrected chi connectivity index (χ3v) is 4.71. The monoisotopic (exact) mass is 237 g/mol. The molecule has 2 unspecified atom stereocenters.